The van der Waals surface area contributed by atoms with Gasteiger partial charge >= 0.3 is 5.63 Å². The summed E-state index contributed by atoms with van der Waals surface area (Å²) in [5.74, 6) is 0.283. The van der Waals surface area contributed by atoms with Crippen LogP contribution >= 0.6 is 0 Å². The largest absolute Gasteiger partial charge is 0.480 e. The smallest absolute Gasteiger partial charge is 0.339 e. The minimum Gasteiger partial charge on any atom is -0.480 e. The first kappa shape index (κ1) is 18.5. The molecule has 0 saturated heterocycles. The number of benzene rings is 1. The van der Waals surface area contributed by atoms with Gasteiger partial charge in [-0.3, -0.25) is 4.79 Å². The van der Waals surface area contributed by atoms with E-state index in [2.05, 4.69) is 5.32 Å². The molecule has 6 nitrogen and oxygen atoms in total. The number of carbonyl (C=O) groups is 1. The summed E-state index contributed by atoms with van der Waals surface area (Å²) in [6.07, 6.45) is 3.58. The number of hydrogen-bond donors (Lipinski definition) is 2. The van der Waals surface area contributed by atoms with E-state index >= 15 is 0 Å². The van der Waals surface area contributed by atoms with Gasteiger partial charge in [0, 0.05) is 29.7 Å². The van der Waals surface area contributed by atoms with Gasteiger partial charge in [0.15, 0.2) is 6.10 Å². The molecular formula is C20H25NO5. The molecule has 0 saturated carbocycles. The molecule has 6 heteroatoms. The van der Waals surface area contributed by atoms with E-state index in [9.17, 15) is 9.59 Å². The van der Waals surface area contributed by atoms with E-state index in [4.69, 9.17) is 14.3 Å². The lowest BCUT2D eigenvalue weighted by Crippen LogP contribution is -2.37. The normalized spacial score (nSPS) is 14.7. The van der Waals surface area contributed by atoms with Crippen molar-refractivity contribution in [1.29, 1.82) is 0 Å². The third-order valence-electron chi connectivity index (χ3n) is 4.90. The molecule has 0 fully saturated rings. The van der Waals surface area contributed by atoms with Crippen LogP contribution in [0.1, 0.15) is 42.9 Å². The van der Waals surface area contributed by atoms with Crippen LogP contribution in [0.15, 0.2) is 21.3 Å². The van der Waals surface area contributed by atoms with Gasteiger partial charge in [0.05, 0.1) is 0 Å². The highest BCUT2D eigenvalue weighted by molar-refractivity contribution is 5.86. The van der Waals surface area contributed by atoms with Crippen LogP contribution < -0.4 is 15.7 Å². The zero-order valence-corrected chi connectivity index (χ0v) is 15.3. The Bertz CT molecular complexity index is 871. The summed E-state index contributed by atoms with van der Waals surface area (Å²) >= 11 is 0. The van der Waals surface area contributed by atoms with Gasteiger partial charge in [0.25, 0.3) is 5.91 Å². The average Bonchev–Trinajstić information content (AvgIpc) is 2.65. The van der Waals surface area contributed by atoms with Gasteiger partial charge < -0.3 is 19.6 Å². The minimum atomic E-state index is -0.686. The SMILES string of the molecule is Cc1c(O[C@H](C)C(=O)NCCCO)ccc2c3c(c(=O)oc12)CCCC3. The van der Waals surface area contributed by atoms with Crippen molar-refractivity contribution in [2.45, 2.75) is 52.1 Å². The van der Waals surface area contributed by atoms with Crippen molar-refractivity contribution in [3.05, 3.63) is 39.2 Å². The Morgan fingerprint density at radius 2 is 2.04 bits per heavy atom. The molecule has 0 aliphatic heterocycles. The monoisotopic (exact) mass is 359 g/mol. The molecule has 1 aliphatic carbocycles. The van der Waals surface area contributed by atoms with Gasteiger partial charge in [-0.05, 0) is 63.6 Å². The quantitative estimate of drug-likeness (QED) is 0.610. The highest BCUT2D eigenvalue weighted by Crippen LogP contribution is 2.32. The number of aliphatic hydroxyl groups excluding tert-OH is 1. The van der Waals surface area contributed by atoms with Gasteiger partial charge in [-0.1, -0.05) is 0 Å². The van der Waals surface area contributed by atoms with Crippen molar-refractivity contribution in [2.24, 2.45) is 0 Å². The van der Waals surface area contributed by atoms with Crippen LogP contribution in [0, 0.1) is 6.92 Å². The summed E-state index contributed by atoms with van der Waals surface area (Å²) in [6, 6.07) is 3.76. The van der Waals surface area contributed by atoms with Crippen LogP contribution in [0.4, 0.5) is 0 Å². The van der Waals surface area contributed by atoms with E-state index in [0.29, 0.717) is 24.3 Å². The number of nitrogens with one attached hydrogen (secondary N) is 1. The van der Waals surface area contributed by atoms with E-state index in [0.717, 1.165) is 47.8 Å². The van der Waals surface area contributed by atoms with Crippen LogP contribution in [0.3, 0.4) is 0 Å². The van der Waals surface area contributed by atoms with Crippen LogP contribution in [0.5, 0.6) is 5.75 Å². The fourth-order valence-electron chi connectivity index (χ4n) is 3.43. The Labute approximate surface area is 152 Å². The van der Waals surface area contributed by atoms with Crippen molar-refractivity contribution < 1.29 is 19.1 Å². The van der Waals surface area contributed by atoms with Gasteiger partial charge in [-0.25, -0.2) is 4.79 Å². The minimum absolute atomic E-state index is 0.0304. The Morgan fingerprint density at radius 3 is 2.77 bits per heavy atom. The van der Waals surface area contributed by atoms with E-state index < -0.39 is 6.10 Å². The van der Waals surface area contributed by atoms with E-state index in [1.807, 2.05) is 19.1 Å². The Balaban J connectivity index is 1.88. The zero-order chi connectivity index (χ0) is 18.7. The molecule has 0 spiro atoms. The molecule has 2 N–H and O–H groups in total. The number of aliphatic hydroxyl groups is 1. The fourth-order valence-corrected chi connectivity index (χ4v) is 3.43. The molecule has 0 unspecified atom stereocenters. The highest BCUT2D eigenvalue weighted by atomic mass is 16.5. The molecular weight excluding hydrogens is 334 g/mol. The third-order valence-corrected chi connectivity index (χ3v) is 4.90. The molecule has 1 aromatic heterocycles. The average molecular weight is 359 g/mol. The summed E-state index contributed by atoms with van der Waals surface area (Å²) in [5, 5.41) is 12.5. The van der Waals surface area contributed by atoms with E-state index in [-0.39, 0.29) is 18.1 Å². The first-order valence-corrected chi connectivity index (χ1v) is 9.16. The Morgan fingerprint density at radius 1 is 1.31 bits per heavy atom. The Hall–Kier alpha value is -2.34. The molecule has 1 aromatic carbocycles. The molecule has 0 radical (unpaired) electrons. The summed E-state index contributed by atoms with van der Waals surface area (Å²) in [4.78, 5) is 24.4. The van der Waals surface area contributed by atoms with Gasteiger partial charge in [0.2, 0.25) is 0 Å². The fraction of sp³-hybridized carbons (Fsp3) is 0.500. The van der Waals surface area contributed by atoms with E-state index in [1.165, 1.54) is 0 Å². The summed E-state index contributed by atoms with van der Waals surface area (Å²) in [7, 11) is 0. The molecule has 1 amide bonds. The van der Waals surface area contributed by atoms with E-state index in [1.54, 1.807) is 6.92 Å². The van der Waals surface area contributed by atoms with Crippen LogP contribution in [0.25, 0.3) is 11.0 Å². The second-order valence-corrected chi connectivity index (χ2v) is 6.75. The van der Waals surface area contributed by atoms with Crippen LogP contribution in [0.2, 0.25) is 0 Å². The van der Waals surface area contributed by atoms with Gasteiger partial charge in [0.1, 0.15) is 11.3 Å². The molecule has 3 rings (SSSR count). The lowest BCUT2D eigenvalue weighted by Gasteiger charge is -2.19. The standard InChI is InChI=1S/C20H25NO5/c1-12-17(25-13(2)19(23)21-10-5-11-22)9-8-15-14-6-3-4-7-16(14)20(24)26-18(12)15/h8-9,13,22H,3-7,10-11H2,1-2H3,(H,21,23)/t13-/m1/s1. The number of amides is 1. The van der Waals surface area contributed by atoms with Crippen molar-refractivity contribution in [1.82, 2.24) is 5.32 Å². The molecule has 1 atom stereocenters. The number of hydrogen-bond acceptors (Lipinski definition) is 5. The highest BCUT2D eigenvalue weighted by Gasteiger charge is 2.21. The van der Waals surface area contributed by atoms with Crippen molar-refractivity contribution in [2.75, 3.05) is 13.2 Å². The Kier molecular flexibility index (Phi) is 5.61. The maximum Gasteiger partial charge on any atom is 0.339 e. The molecule has 140 valence electrons. The molecule has 0 bridgehead atoms. The maximum atomic E-state index is 12.3. The number of ether oxygens (including phenoxy) is 1. The second kappa shape index (κ2) is 7.91. The van der Waals surface area contributed by atoms with Crippen LogP contribution in [-0.2, 0) is 17.6 Å². The molecule has 1 aliphatic rings. The lowest BCUT2D eigenvalue weighted by atomic mass is 9.90. The predicted molar refractivity (Wildman–Crippen MR) is 98.7 cm³/mol. The third kappa shape index (κ3) is 3.60. The van der Waals surface area contributed by atoms with Gasteiger partial charge in [-0.15, -0.1) is 0 Å². The first-order chi connectivity index (χ1) is 12.5. The molecule has 2 aromatic rings. The first-order valence-electron chi connectivity index (χ1n) is 9.16. The number of fused-ring (bicyclic) bond motifs is 3. The lowest BCUT2D eigenvalue weighted by molar-refractivity contribution is -0.127. The van der Waals surface area contributed by atoms with Crippen molar-refractivity contribution in [3.8, 4) is 5.75 Å². The second-order valence-electron chi connectivity index (χ2n) is 6.75. The number of aryl methyl sites for hydroxylation is 2. The van der Waals surface area contributed by atoms with Crippen LogP contribution in [-0.4, -0.2) is 30.3 Å². The predicted octanol–water partition coefficient (Wildman–Crippen LogP) is 2.25. The van der Waals surface area contributed by atoms with Crippen molar-refractivity contribution in [3.63, 3.8) is 0 Å². The van der Waals surface area contributed by atoms with Gasteiger partial charge in [-0.2, -0.15) is 0 Å². The topological polar surface area (TPSA) is 88.8 Å². The summed E-state index contributed by atoms with van der Waals surface area (Å²) in [6.45, 7) is 3.94. The number of carbonyl (C=O) groups excluding carboxylic acids is 1. The summed E-state index contributed by atoms with van der Waals surface area (Å²) < 4.78 is 11.4. The zero-order valence-electron chi connectivity index (χ0n) is 15.3. The maximum absolute atomic E-state index is 12.3. The molecule has 26 heavy (non-hydrogen) atoms. The number of rotatable bonds is 6. The molecule has 1 heterocycles. The van der Waals surface area contributed by atoms with Crippen molar-refractivity contribution >= 4 is 16.9 Å². The summed E-state index contributed by atoms with van der Waals surface area (Å²) in [5.41, 5.74) is 2.90.